The molecule has 0 aliphatic rings. The third-order valence-electron chi connectivity index (χ3n) is 1.33. The van der Waals surface area contributed by atoms with Crippen molar-refractivity contribution in [2.24, 2.45) is 11.7 Å². The second kappa shape index (κ2) is 4.97. The molecule has 0 saturated carbocycles. The van der Waals surface area contributed by atoms with Crippen molar-refractivity contribution in [3.8, 4) is 0 Å². The van der Waals surface area contributed by atoms with Crippen LogP contribution in [0.1, 0.15) is 26.2 Å². The number of hydrogen-bond donors (Lipinski definition) is 1. The Morgan fingerprint density at radius 3 is 2.60 bits per heavy atom. The van der Waals surface area contributed by atoms with Crippen molar-refractivity contribution in [2.45, 2.75) is 26.2 Å². The molecule has 0 heterocycles. The smallest absolute Gasteiger partial charge is 0.228 e. The standard InChI is InChI=1S/C7H12NO2/c1-2-3-4-6(5-9)7(8)10/h6H,2-4H2,1H3,(H2,8,10). The van der Waals surface area contributed by atoms with Crippen molar-refractivity contribution in [2.75, 3.05) is 0 Å². The lowest BCUT2D eigenvalue weighted by Gasteiger charge is -2.01. The maximum absolute atomic E-state index is 10.4. The highest BCUT2D eigenvalue weighted by Gasteiger charge is 2.13. The molecule has 57 valence electrons. The van der Waals surface area contributed by atoms with Gasteiger partial charge in [0, 0.05) is 0 Å². The fourth-order valence-corrected chi connectivity index (χ4v) is 0.668. The van der Waals surface area contributed by atoms with E-state index in [0.29, 0.717) is 6.42 Å². The highest BCUT2D eigenvalue weighted by atomic mass is 16.2. The number of hydrogen-bond acceptors (Lipinski definition) is 2. The van der Waals surface area contributed by atoms with Gasteiger partial charge in [0.2, 0.25) is 12.2 Å². The van der Waals surface area contributed by atoms with Gasteiger partial charge in [-0.1, -0.05) is 19.8 Å². The zero-order valence-corrected chi connectivity index (χ0v) is 6.09. The van der Waals surface area contributed by atoms with E-state index in [0.717, 1.165) is 12.8 Å². The molecule has 0 aromatic carbocycles. The van der Waals surface area contributed by atoms with E-state index in [1.54, 1.807) is 6.29 Å². The molecule has 1 amide bonds. The Bertz CT molecular complexity index is 123. The Morgan fingerprint density at radius 2 is 2.30 bits per heavy atom. The van der Waals surface area contributed by atoms with E-state index < -0.39 is 11.8 Å². The molecule has 1 radical (unpaired) electrons. The van der Waals surface area contributed by atoms with Gasteiger partial charge >= 0.3 is 0 Å². The largest absolute Gasteiger partial charge is 0.369 e. The molecule has 0 spiro atoms. The number of unbranched alkanes of at least 4 members (excludes halogenated alkanes) is 1. The molecule has 3 heteroatoms. The number of nitrogens with two attached hydrogens (primary N) is 1. The van der Waals surface area contributed by atoms with Crippen molar-refractivity contribution >= 4 is 12.2 Å². The van der Waals surface area contributed by atoms with Crippen molar-refractivity contribution < 1.29 is 9.59 Å². The van der Waals surface area contributed by atoms with Crippen molar-refractivity contribution in [3.05, 3.63) is 0 Å². The van der Waals surface area contributed by atoms with Crippen LogP contribution in [0.2, 0.25) is 0 Å². The molecule has 0 aromatic heterocycles. The third-order valence-corrected chi connectivity index (χ3v) is 1.33. The van der Waals surface area contributed by atoms with E-state index >= 15 is 0 Å². The first-order valence-electron chi connectivity index (χ1n) is 3.39. The minimum atomic E-state index is -0.694. The Morgan fingerprint density at radius 1 is 1.70 bits per heavy atom. The van der Waals surface area contributed by atoms with Gasteiger partial charge in [-0.05, 0) is 6.42 Å². The number of amides is 1. The van der Waals surface area contributed by atoms with Gasteiger partial charge in [0.15, 0.2) is 0 Å². The zero-order chi connectivity index (χ0) is 7.98. The molecule has 0 fully saturated rings. The van der Waals surface area contributed by atoms with Crippen LogP contribution >= 0.6 is 0 Å². The lowest BCUT2D eigenvalue weighted by Crippen LogP contribution is -2.24. The fourth-order valence-electron chi connectivity index (χ4n) is 0.668. The van der Waals surface area contributed by atoms with E-state index in [9.17, 15) is 9.59 Å². The Kier molecular flexibility index (Phi) is 4.54. The van der Waals surface area contributed by atoms with E-state index in [2.05, 4.69) is 0 Å². The first-order valence-corrected chi connectivity index (χ1v) is 3.39. The molecule has 0 bridgehead atoms. The van der Waals surface area contributed by atoms with Crippen LogP contribution in [0, 0.1) is 5.92 Å². The van der Waals surface area contributed by atoms with Crippen LogP contribution < -0.4 is 5.73 Å². The summed E-state index contributed by atoms with van der Waals surface area (Å²) in [6.07, 6.45) is 3.96. The second-order valence-corrected chi connectivity index (χ2v) is 2.22. The minimum absolute atomic E-state index is 0.537. The van der Waals surface area contributed by atoms with Crippen LogP contribution in [-0.2, 0) is 9.59 Å². The summed E-state index contributed by atoms with van der Waals surface area (Å²) in [4.78, 5) is 20.4. The quantitative estimate of drug-likeness (QED) is 0.564. The summed E-state index contributed by atoms with van der Waals surface area (Å²) in [5.74, 6) is -1.26. The molecule has 0 aromatic rings. The maximum atomic E-state index is 10.4. The molecule has 0 aliphatic carbocycles. The molecular formula is C7H12NO2. The highest BCUT2D eigenvalue weighted by Crippen LogP contribution is 2.04. The normalized spacial score (nSPS) is 12.5. The zero-order valence-electron chi connectivity index (χ0n) is 6.09. The summed E-state index contributed by atoms with van der Waals surface area (Å²) in [6.45, 7) is 1.99. The van der Waals surface area contributed by atoms with Crippen LogP contribution in [-0.4, -0.2) is 12.2 Å². The van der Waals surface area contributed by atoms with Crippen molar-refractivity contribution in [1.29, 1.82) is 0 Å². The highest BCUT2D eigenvalue weighted by molar-refractivity contribution is 5.90. The summed E-state index contributed by atoms with van der Waals surface area (Å²) in [6, 6.07) is 0. The van der Waals surface area contributed by atoms with Crippen LogP contribution in [0.15, 0.2) is 0 Å². The SMILES string of the molecule is CCCCC([C]=O)C(N)=O. The summed E-state index contributed by atoms with van der Waals surface area (Å²) >= 11 is 0. The summed E-state index contributed by atoms with van der Waals surface area (Å²) in [7, 11) is 0. The van der Waals surface area contributed by atoms with Gasteiger partial charge in [-0.3, -0.25) is 9.59 Å². The topological polar surface area (TPSA) is 60.2 Å². The summed E-state index contributed by atoms with van der Waals surface area (Å²) < 4.78 is 0. The number of rotatable bonds is 5. The predicted molar refractivity (Wildman–Crippen MR) is 37.9 cm³/mol. The lowest BCUT2D eigenvalue weighted by molar-refractivity contribution is -0.120. The van der Waals surface area contributed by atoms with Gasteiger partial charge in [0.05, 0.1) is 0 Å². The molecule has 3 nitrogen and oxygen atoms in total. The molecular weight excluding hydrogens is 130 g/mol. The molecule has 0 saturated heterocycles. The van der Waals surface area contributed by atoms with Gasteiger partial charge in [-0.2, -0.15) is 0 Å². The fraction of sp³-hybridized carbons (Fsp3) is 0.714. The maximum Gasteiger partial charge on any atom is 0.228 e. The first-order chi connectivity index (χ1) is 4.72. The van der Waals surface area contributed by atoms with E-state index in [-0.39, 0.29) is 0 Å². The molecule has 10 heavy (non-hydrogen) atoms. The Labute approximate surface area is 60.6 Å². The van der Waals surface area contributed by atoms with Crippen LogP contribution in [0.25, 0.3) is 0 Å². The molecule has 2 N–H and O–H groups in total. The van der Waals surface area contributed by atoms with Gasteiger partial charge in [0.1, 0.15) is 5.92 Å². The van der Waals surface area contributed by atoms with Gasteiger partial charge in [0.25, 0.3) is 0 Å². The Hall–Kier alpha value is -0.860. The third kappa shape index (κ3) is 3.22. The molecule has 0 aliphatic heterocycles. The minimum Gasteiger partial charge on any atom is -0.369 e. The van der Waals surface area contributed by atoms with Gasteiger partial charge < -0.3 is 5.73 Å². The average Bonchev–Trinajstić information content (AvgIpc) is 1.89. The summed E-state index contributed by atoms with van der Waals surface area (Å²) in [5.41, 5.74) is 4.89. The molecule has 1 unspecified atom stereocenters. The van der Waals surface area contributed by atoms with Crippen LogP contribution in [0.4, 0.5) is 0 Å². The van der Waals surface area contributed by atoms with Crippen LogP contribution in [0.3, 0.4) is 0 Å². The van der Waals surface area contributed by atoms with Crippen molar-refractivity contribution in [1.82, 2.24) is 0 Å². The lowest BCUT2D eigenvalue weighted by atomic mass is 10.0. The van der Waals surface area contributed by atoms with Crippen LogP contribution in [0.5, 0.6) is 0 Å². The van der Waals surface area contributed by atoms with E-state index in [1.807, 2.05) is 6.92 Å². The Balaban J connectivity index is 3.60. The predicted octanol–water partition coefficient (Wildman–Crippen LogP) is 0.388. The number of carbonyl (C=O) groups is 1. The van der Waals surface area contributed by atoms with Gasteiger partial charge in [-0.15, -0.1) is 0 Å². The van der Waals surface area contributed by atoms with Crippen molar-refractivity contribution in [3.63, 3.8) is 0 Å². The molecule has 0 rings (SSSR count). The second-order valence-electron chi connectivity index (χ2n) is 2.22. The average molecular weight is 142 g/mol. The summed E-state index contributed by atoms with van der Waals surface area (Å²) in [5, 5.41) is 0. The van der Waals surface area contributed by atoms with Gasteiger partial charge in [-0.25, -0.2) is 0 Å². The number of carbonyl (C=O) groups excluding carboxylic acids is 2. The monoisotopic (exact) mass is 142 g/mol. The first kappa shape index (κ1) is 9.14. The van der Waals surface area contributed by atoms with E-state index in [1.165, 1.54) is 0 Å². The number of primary amides is 1. The molecule has 1 atom stereocenters. The van der Waals surface area contributed by atoms with E-state index in [4.69, 9.17) is 5.73 Å².